The fourth-order valence-corrected chi connectivity index (χ4v) is 4.73. The maximum atomic E-state index is 13.1. The number of methoxy groups -OCH3 is 3. The number of anilines is 2. The summed E-state index contributed by atoms with van der Waals surface area (Å²) in [5.41, 5.74) is 16.0. The lowest BCUT2D eigenvalue weighted by atomic mass is 10.0. The van der Waals surface area contributed by atoms with Gasteiger partial charge in [0.2, 0.25) is 11.7 Å². The summed E-state index contributed by atoms with van der Waals surface area (Å²) in [5, 5.41) is 1.69. The second kappa shape index (κ2) is 10.1. The highest BCUT2D eigenvalue weighted by molar-refractivity contribution is 6.01. The number of ether oxygens (including phenoxy) is 3. The molecule has 202 valence electrons. The molecule has 0 atom stereocenters. The Morgan fingerprint density at radius 2 is 1.79 bits per heavy atom. The van der Waals surface area contributed by atoms with Gasteiger partial charge in [-0.1, -0.05) is 0 Å². The first-order valence-electron chi connectivity index (χ1n) is 12.2. The molecule has 0 aliphatic carbocycles. The van der Waals surface area contributed by atoms with Gasteiger partial charge in [0.05, 0.1) is 21.3 Å². The quantitative estimate of drug-likeness (QED) is 0.272. The van der Waals surface area contributed by atoms with Gasteiger partial charge in [0.25, 0.3) is 5.91 Å². The average molecular weight is 531 g/mol. The number of furan rings is 1. The highest BCUT2D eigenvalue weighted by atomic mass is 16.5. The molecule has 11 heteroatoms. The molecule has 3 aromatic heterocycles. The molecule has 5 N–H and O–H groups in total. The van der Waals surface area contributed by atoms with E-state index in [1.165, 1.54) is 4.90 Å². The van der Waals surface area contributed by atoms with Gasteiger partial charge in [0, 0.05) is 55.0 Å². The van der Waals surface area contributed by atoms with Gasteiger partial charge in [0.1, 0.15) is 23.0 Å². The summed E-state index contributed by atoms with van der Waals surface area (Å²) in [5.74, 6) is 2.57. The van der Waals surface area contributed by atoms with Crippen LogP contribution in [0.25, 0.3) is 21.9 Å². The number of aromatic nitrogens is 3. The maximum Gasteiger partial charge on any atom is 0.270 e. The van der Waals surface area contributed by atoms with Crippen LogP contribution < -0.4 is 25.7 Å². The van der Waals surface area contributed by atoms with Crippen LogP contribution in [0.15, 0.2) is 40.9 Å². The molecular weight excluding hydrogens is 500 g/mol. The molecule has 2 aromatic carbocycles. The number of hydrogen-bond donors (Lipinski definition) is 3. The van der Waals surface area contributed by atoms with E-state index in [1.54, 1.807) is 41.6 Å². The molecule has 0 saturated carbocycles. The number of amides is 1. The summed E-state index contributed by atoms with van der Waals surface area (Å²) < 4.78 is 23.1. The van der Waals surface area contributed by atoms with E-state index in [9.17, 15) is 4.79 Å². The molecule has 0 aliphatic heterocycles. The molecular formula is C28H30N6O5. The summed E-state index contributed by atoms with van der Waals surface area (Å²) in [4.78, 5) is 26.1. The van der Waals surface area contributed by atoms with Crippen LogP contribution in [-0.4, -0.2) is 61.2 Å². The average Bonchev–Trinajstić information content (AvgIpc) is 3.50. The lowest BCUT2D eigenvalue weighted by Crippen LogP contribution is -2.23. The summed E-state index contributed by atoms with van der Waals surface area (Å²) in [7, 11) is 8.17. The first-order valence-corrected chi connectivity index (χ1v) is 12.2. The van der Waals surface area contributed by atoms with Crippen molar-refractivity contribution >= 4 is 39.5 Å². The number of benzene rings is 2. The van der Waals surface area contributed by atoms with E-state index >= 15 is 0 Å². The summed E-state index contributed by atoms with van der Waals surface area (Å²) in [6, 6.07) is 9.49. The number of nitrogens with zero attached hydrogens (tertiary/aromatic N) is 3. The topological polar surface area (TPSA) is 155 Å². The zero-order valence-electron chi connectivity index (χ0n) is 22.4. The standard InChI is InChI=1S/C28H30N6O5/c1-34(2)27(35)23-20(19-10-16(36-3)6-7-21(19)32-23)12-17-11-18-14(8-15-13-31-28(30)33-26(15)29)9-22(37-4)25(38-5)24(18)39-17/h6-7,9-11,13,32H,8,12H2,1-5H3,(H4,29,30,31,33). The van der Waals surface area contributed by atoms with Crippen molar-refractivity contribution in [2.75, 3.05) is 46.9 Å². The van der Waals surface area contributed by atoms with Gasteiger partial charge in [-0.3, -0.25) is 4.79 Å². The number of H-pyrrole nitrogens is 1. The molecule has 0 radical (unpaired) electrons. The Bertz CT molecular complexity index is 1700. The summed E-state index contributed by atoms with van der Waals surface area (Å²) >= 11 is 0. The van der Waals surface area contributed by atoms with E-state index in [0.717, 1.165) is 27.4 Å². The lowest BCUT2D eigenvalue weighted by Gasteiger charge is -2.12. The third-order valence-electron chi connectivity index (χ3n) is 6.67. The molecule has 1 amide bonds. The zero-order valence-corrected chi connectivity index (χ0v) is 22.4. The second-order valence-corrected chi connectivity index (χ2v) is 9.31. The van der Waals surface area contributed by atoms with Crippen molar-refractivity contribution in [3.8, 4) is 17.2 Å². The predicted octanol–water partition coefficient (Wildman–Crippen LogP) is 3.78. The van der Waals surface area contributed by atoms with Crippen molar-refractivity contribution < 1.29 is 23.4 Å². The normalized spacial score (nSPS) is 11.2. The zero-order chi connectivity index (χ0) is 27.8. The van der Waals surface area contributed by atoms with Gasteiger partial charge in [-0.15, -0.1) is 0 Å². The fourth-order valence-electron chi connectivity index (χ4n) is 4.73. The summed E-state index contributed by atoms with van der Waals surface area (Å²) in [6.45, 7) is 0. The van der Waals surface area contributed by atoms with E-state index in [0.29, 0.717) is 58.5 Å². The van der Waals surface area contributed by atoms with Crippen LogP contribution in [0.2, 0.25) is 0 Å². The monoisotopic (exact) mass is 530 g/mol. The Labute approximate surface area is 224 Å². The van der Waals surface area contributed by atoms with Gasteiger partial charge in [-0.25, -0.2) is 4.98 Å². The molecule has 0 unspecified atom stereocenters. The van der Waals surface area contributed by atoms with Gasteiger partial charge in [0.15, 0.2) is 11.3 Å². The molecule has 0 spiro atoms. The van der Waals surface area contributed by atoms with Crippen LogP contribution in [0.5, 0.6) is 17.2 Å². The van der Waals surface area contributed by atoms with Crippen molar-refractivity contribution in [2.24, 2.45) is 0 Å². The van der Waals surface area contributed by atoms with Gasteiger partial charge in [-0.05, 0) is 41.5 Å². The molecule has 0 bridgehead atoms. The third kappa shape index (κ3) is 4.63. The van der Waals surface area contributed by atoms with E-state index in [-0.39, 0.29) is 11.9 Å². The van der Waals surface area contributed by atoms with Gasteiger partial charge < -0.3 is 40.0 Å². The fraction of sp³-hybridized carbons (Fsp3) is 0.250. The Kier molecular flexibility index (Phi) is 6.65. The minimum Gasteiger partial charge on any atom is -0.497 e. The SMILES string of the molecule is COc1ccc2[nH]c(C(=O)N(C)C)c(Cc3cc4c(Cc5cnc(N)nc5N)cc(OC)c(OC)c4o3)c2c1. The molecule has 0 aliphatic rings. The van der Waals surface area contributed by atoms with Crippen LogP contribution in [0.4, 0.5) is 11.8 Å². The van der Waals surface area contributed by atoms with Crippen molar-refractivity contribution in [3.63, 3.8) is 0 Å². The van der Waals surface area contributed by atoms with E-state index in [1.807, 2.05) is 30.3 Å². The van der Waals surface area contributed by atoms with E-state index < -0.39 is 0 Å². The Morgan fingerprint density at radius 1 is 1.00 bits per heavy atom. The number of carbonyl (C=O) groups excluding carboxylic acids is 1. The largest absolute Gasteiger partial charge is 0.497 e. The number of rotatable bonds is 8. The number of fused-ring (bicyclic) bond motifs is 2. The molecule has 3 heterocycles. The highest BCUT2D eigenvalue weighted by Gasteiger charge is 2.24. The van der Waals surface area contributed by atoms with E-state index in [4.69, 9.17) is 30.1 Å². The van der Waals surface area contributed by atoms with Crippen LogP contribution >= 0.6 is 0 Å². The third-order valence-corrected chi connectivity index (χ3v) is 6.67. The first-order chi connectivity index (χ1) is 18.7. The maximum absolute atomic E-state index is 13.1. The minimum absolute atomic E-state index is 0.109. The number of nitrogens with two attached hydrogens (primary N) is 2. The molecule has 5 aromatic rings. The Balaban J connectivity index is 1.66. The Hall–Kier alpha value is -4.93. The van der Waals surface area contributed by atoms with E-state index in [2.05, 4.69) is 15.0 Å². The predicted molar refractivity (Wildman–Crippen MR) is 149 cm³/mol. The first kappa shape index (κ1) is 25.7. The van der Waals surface area contributed by atoms with Crippen molar-refractivity contribution in [1.29, 1.82) is 0 Å². The summed E-state index contributed by atoms with van der Waals surface area (Å²) in [6.07, 6.45) is 2.37. The minimum atomic E-state index is -0.143. The lowest BCUT2D eigenvalue weighted by molar-refractivity contribution is 0.0822. The molecule has 0 saturated heterocycles. The number of aromatic amines is 1. The molecule has 5 rings (SSSR count). The van der Waals surface area contributed by atoms with Gasteiger partial charge in [-0.2, -0.15) is 4.98 Å². The van der Waals surface area contributed by atoms with Crippen molar-refractivity contribution in [3.05, 3.63) is 64.7 Å². The molecule has 0 fully saturated rings. The van der Waals surface area contributed by atoms with Crippen molar-refractivity contribution in [2.45, 2.75) is 12.8 Å². The number of hydrogen-bond acceptors (Lipinski definition) is 9. The number of nitrogen functional groups attached to an aromatic ring is 2. The molecule has 39 heavy (non-hydrogen) atoms. The molecule has 11 nitrogen and oxygen atoms in total. The highest BCUT2D eigenvalue weighted by Crippen LogP contribution is 2.41. The number of nitrogens with one attached hydrogen (secondary N) is 1. The van der Waals surface area contributed by atoms with Gasteiger partial charge >= 0.3 is 0 Å². The number of carbonyl (C=O) groups is 1. The van der Waals surface area contributed by atoms with Crippen LogP contribution in [0.3, 0.4) is 0 Å². The van der Waals surface area contributed by atoms with Crippen molar-refractivity contribution in [1.82, 2.24) is 19.9 Å². The Morgan fingerprint density at radius 3 is 2.46 bits per heavy atom. The smallest absolute Gasteiger partial charge is 0.270 e. The van der Waals surface area contributed by atoms with Crippen LogP contribution in [0, 0.1) is 0 Å². The van der Waals surface area contributed by atoms with Crippen LogP contribution in [0.1, 0.15) is 32.9 Å². The van der Waals surface area contributed by atoms with Crippen LogP contribution in [-0.2, 0) is 12.8 Å². The second-order valence-electron chi connectivity index (χ2n) is 9.31.